The number of ether oxygens (including phenoxy) is 4. The number of phosphoric ester groups is 2. The molecule has 0 amide bonds. The van der Waals surface area contributed by atoms with Crippen LogP contribution in [0.3, 0.4) is 0 Å². The number of hydrogen-bond acceptors (Lipinski definition) is 15. The summed E-state index contributed by atoms with van der Waals surface area (Å²) in [6.45, 7) is 4.48. The molecular weight excluding hydrogens is 1450 g/mol. The minimum absolute atomic E-state index is 0.00642. The maximum atomic E-state index is 13.2. The van der Waals surface area contributed by atoms with Gasteiger partial charge in [0, 0.05) is 25.7 Å². The summed E-state index contributed by atoms with van der Waals surface area (Å²) >= 11 is 0. The van der Waals surface area contributed by atoms with E-state index in [9.17, 15) is 43.2 Å². The van der Waals surface area contributed by atoms with Crippen molar-refractivity contribution in [2.24, 2.45) is 0 Å². The van der Waals surface area contributed by atoms with Gasteiger partial charge in [-0.1, -0.05) is 300 Å². The number of hydrogen-bond donors (Lipinski definition) is 3. The topological polar surface area (TPSA) is 237 Å². The van der Waals surface area contributed by atoms with Crippen molar-refractivity contribution in [3.63, 3.8) is 0 Å². The van der Waals surface area contributed by atoms with Crippen LogP contribution in [0.5, 0.6) is 0 Å². The number of rotatable bonds is 79. The van der Waals surface area contributed by atoms with Crippen molar-refractivity contribution in [1.82, 2.24) is 0 Å². The average Bonchev–Trinajstić information content (AvgIpc) is 0.897. The zero-order valence-corrected chi connectivity index (χ0v) is 71.6. The second-order valence-corrected chi connectivity index (χ2v) is 30.9. The van der Waals surface area contributed by atoms with Gasteiger partial charge in [-0.05, 0) is 180 Å². The molecule has 0 aromatic rings. The lowest BCUT2D eigenvalue weighted by Crippen LogP contribution is -2.30. The summed E-state index contributed by atoms with van der Waals surface area (Å²) < 4.78 is 68.8. The maximum absolute atomic E-state index is 13.2. The van der Waals surface area contributed by atoms with Gasteiger partial charge < -0.3 is 33.8 Å². The van der Waals surface area contributed by atoms with E-state index in [1.54, 1.807) is 0 Å². The molecule has 636 valence electrons. The zero-order valence-electron chi connectivity index (χ0n) is 69.8. The molecule has 0 fully saturated rings. The van der Waals surface area contributed by atoms with Gasteiger partial charge in [0.15, 0.2) is 12.2 Å². The van der Waals surface area contributed by atoms with Crippen molar-refractivity contribution in [3.05, 3.63) is 182 Å². The highest BCUT2D eigenvalue weighted by Crippen LogP contribution is 2.45. The fourth-order valence-corrected chi connectivity index (χ4v) is 12.4. The summed E-state index contributed by atoms with van der Waals surface area (Å²) in [6.07, 6.45) is 101. The summed E-state index contributed by atoms with van der Waals surface area (Å²) in [4.78, 5) is 73.3. The van der Waals surface area contributed by atoms with Crippen LogP contribution in [-0.4, -0.2) is 96.7 Å². The zero-order chi connectivity index (χ0) is 81.7. The van der Waals surface area contributed by atoms with Crippen molar-refractivity contribution < 1.29 is 80.2 Å². The SMILES string of the molecule is CC/C=C\C/C=C\C/C=C\C/C=C\C/C=C\CCCC(=O)OC(COC(=O)CCCCCCCC/C=C\C/C=C\C/C=C\CCCCC)COP(=O)(O)OCC(O)COP(=O)(O)OCC(COC(=O)CCCCCCCC/C=C\C/C=C\C/C=C\CCCCC)OC(=O)CCCCCC/C=C\C/C=C\C/C=C\C/C=C\CC. The molecule has 0 aliphatic rings. The first kappa shape index (κ1) is 106. The average molecular weight is 1600 g/mol. The van der Waals surface area contributed by atoms with Crippen LogP contribution in [0.25, 0.3) is 0 Å². The van der Waals surface area contributed by atoms with Gasteiger partial charge in [0.25, 0.3) is 0 Å². The van der Waals surface area contributed by atoms with Crippen LogP contribution in [0.2, 0.25) is 0 Å². The predicted molar refractivity (Wildman–Crippen MR) is 463 cm³/mol. The monoisotopic (exact) mass is 1600 g/mol. The smallest absolute Gasteiger partial charge is 0.462 e. The number of aliphatic hydroxyl groups is 1. The van der Waals surface area contributed by atoms with Gasteiger partial charge in [0.2, 0.25) is 0 Å². The number of carbonyl (C=O) groups is 4. The molecule has 0 heterocycles. The fourth-order valence-electron chi connectivity index (χ4n) is 10.8. The molecule has 17 nitrogen and oxygen atoms in total. The largest absolute Gasteiger partial charge is 0.472 e. The van der Waals surface area contributed by atoms with Crippen LogP contribution < -0.4 is 0 Å². The first-order valence-electron chi connectivity index (χ1n) is 43.0. The number of esters is 4. The Kier molecular flexibility index (Phi) is 78.8. The van der Waals surface area contributed by atoms with E-state index in [0.29, 0.717) is 32.1 Å². The van der Waals surface area contributed by atoms with E-state index in [0.717, 1.165) is 199 Å². The van der Waals surface area contributed by atoms with Crippen LogP contribution in [0.1, 0.15) is 323 Å². The molecular formula is C93H152O17P2. The second kappa shape index (κ2) is 83.1. The van der Waals surface area contributed by atoms with Crippen molar-refractivity contribution in [1.29, 1.82) is 0 Å². The van der Waals surface area contributed by atoms with Crippen molar-refractivity contribution in [2.75, 3.05) is 39.6 Å². The molecule has 0 aliphatic heterocycles. The lowest BCUT2D eigenvalue weighted by atomic mass is 10.1. The quantitative estimate of drug-likeness (QED) is 0.0169. The van der Waals surface area contributed by atoms with Gasteiger partial charge in [0.05, 0.1) is 26.4 Å². The highest BCUT2D eigenvalue weighted by molar-refractivity contribution is 7.47. The first-order valence-corrected chi connectivity index (χ1v) is 46.0. The molecule has 0 radical (unpaired) electrons. The van der Waals surface area contributed by atoms with Crippen LogP contribution in [0, 0.1) is 0 Å². The molecule has 0 saturated carbocycles. The van der Waals surface area contributed by atoms with Gasteiger partial charge in [-0.3, -0.25) is 37.3 Å². The highest BCUT2D eigenvalue weighted by Gasteiger charge is 2.30. The third-order valence-electron chi connectivity index (χ3n) is 17.3. The summed E-state index contributed by atoms with van der Waals surface area (Å²) in [5.41, 5.74) is 0. The standard InChI is InChI=1S/C93H152O17P2/c1-5-9-13-17-21-25-29-33-37-41-43-47-49-53-57-61-65-69-73-77-90(95)103-83-88(109-92(97)79-75-71-67-63-59-55-51-45-39-35-31-27-23-19-15-11-7-3)85-107-111(99,100)105-81-87(94)82-106-112(101,102)108-86-89(110-93(98)80-76-72-68-64-60-56-52-46-40-36-32-28-24-20-16-12-8-4)84-104-91(96)78-74-70-66-62-58-54-50-48-44-42-38-34-30-26-22-18-14-10-6-2/h11-12,15-16,21-28,33-40,43-44,47-48,51-52,55-56,63,67,87-89,94H,5-10,13-14,17-20,29-32,41-42,45-46,49-50,53-54,57-62,64-66,68-86H2,1-4H3,(H,99,100)(H,101,102)/b15-11-,16-12-,25-21-,26-22-,27-23-,28-24-,37-33-,38-34-,39-35-,40-36-,47-43-,48-44-,55-51-,56-52-,67-63-. The number of aliphatic hydroxyl groups excluding tert-OH is 1. The molecule has 5 atom stereocenters. The molecule has 0 aromatic carbocycles. The lowest BCUT2D eigenvalue weighted by molar-refractivity contribution is -0.161. The molecule has 0 bridgehead atoms. The minimum atomic E-state index is -5.01. The summed E-state index contributed by atoms with van der Waals surface area (Å²) in [5, 5.41) is 10.7. The molecule has 112 heavy (non-hydrogen) atoms. The van der Waals surface area contributed by atoms with E-state index in [1.165, 1.54) is 38.5 Å². The third-order valence-corrected chi connectivity index (χ3v) is 19.2. The second-order valence-electron chi connectivity index (χ2n) is 28.0. The van der Waals surface area contributed by atoms with E-state index in [1.807, 2.05) is 12.2 Å². The van der Waals surface area contributed by atoms with Gasteiger partial charge in [-0.25, -0.2) is 9.13 Å². The fraction of sp³-hybridized carbons (Fsp3) is 0.634. The highest BCUT2D eigenvalue weighted by atomic mass is 31.2. The van der Waals surface area contributed by atoms with Crippen LogP contribution in [0.15, 0.2) is 182 Å². The van der Waals surface area contributed by atoms with E-state index < -0.39 is 97.5 Å². The molecule has 0 spiro atoms. The summed E-state index contributed by atoms with van der Waals surface area (Å²) in [5.74, 6) is -2.31. The first-order chi connectivity index (χ1) is 54.7. The maximum Gasteiger partial charge on any atom is 0.472 e. The van der Waals surface area contributed by atoms with Crippen LogP contribution in [0.4, 0.5) is 0 Å². The van der Waals surface area contributed by atoms with Gasteiger partial charge in [-0.15, -0.1) is 0 Å². The molecule has 5 unspecified atom stereocenters. The Morgan fingerprint density at radius 1 is 0.259 bits per heavy atom. The van der Waals surface area contributed by atoms with Gasteiger partial charge in [0.1, 0.15) is 19.3 Å². The molecule has 0 rings (SSSR count). The summed E-state index contributed by atoms with van der Waals surface area (Å²) in [6, 6.07) is 0. The Hall–Kier alpha value is -5.84. The van der Waals surface area contributed by atoms with E-state index in [2.05, 4.69) is 198 Å². The van der Waals surface area contributed by atoms with Crippen molar-refractivity contribution in [3.8, 4) is 0 Å². The molecule has 0 aliphatic carbocycles. The summed E-state index contributed by atoms with van der Waals surface area (Å²) in [7, 11) is -10.0. The van der Waals surface area contributed by atoms with Gasteiger partial charge in [-0.2, -0.15) is 0 Å². The number of unbranched alkanes of at least 4 members (excludes halogenated alkanes) is 23. The minimum Gasteiger partial charge on any atom is -0.462 e. The predicted octanol–water partition coefficient (Wildman–Crippen LogP) is 25.9. The normalized spacial score (nSPS) is 14.7. The lowest BCUT2D eigenvalue weighted by Gasteiger charge is -2.21. The Morgan fingerprint density at radius 3 is 0.750 bits per heavy atom. The Balaban J connectivity index is 5.49. The Morgan fingerprint density at radius 2 is 0.473 bits per heavy atom. The van der Waals surface area contributed by atoms with E-state index in [4.69, 9.17) is 37.0 Å². The molecule has 3 N–H and O–H groups in total. The molecule has 19 heteroatoms. The van der Waals surface area contributed by atoms with E-state index in [-0.39, 0.29) is 25.7 Å². The molecule has 0 aromatic heterocycles. The number of carbonyl (C=O) groups excluding carboxylic acids is 4. The Labute approximate surface area is 679 Å². The van der Waals surface area contributed by atoms with Crippen LogP contribution >= 0.6 is 15.6 Å². The number of allylic oxidation sites excluding steroid dienone is 30. The Bertz CT molecular complexity index is 2840. The van der Waals surface area contributed by atoms with Crippen LogP contribution in [-0.2, 0) is 65.4 Å². The molecule has 0 saturated heterocycles. The number of phosphoric acid groups is 2. The van der Waals surface area contributed by atoms with Gasteiger partial charge >= 0.3 is 39.5 Å². The third kappa shape index (κ3) is 82.2. The van der Waals surface area contributed by atoms with E-state index >= 15 is 0 Å². The van der Waals surface area contributed by atoms with Crippen molar-refractivity contribution >= 4 is 39.5 Å². The van der Waals surface area contributed by atoms with Crippen molar-refractivity contribution in [2.45, 2.75) is 341 Å².